The van der Waals surface area contributed by atoms with E-state index >= 15 is 0 Å². The summed E-state index contributed by atoms with van der Waals surface area (Å²) in [4.78, 5) is 8.41. The number of aliphatic hydroxyl groups is 1. The van der Waals surface area contributed by atoms with Crippen molar-refractivity contribution in [1.82, 2.24) is 15.6 Å². The second kappa shape index (κ2) is 6.85. The first kappa shape index (κ1) is 16.4. The number of nitrogens with one attached hydrogen (secondary N) is 3. The summed E-state index contributed by atoms with van der Waals surface area (Å²) in [5.74, 6) is 1.17. The van der Waals surface area contributed by atoms with Crippen LogP contribution >= 0.6 is 15.9 Å². The van der Waals surface area contributed by atoms with Gasteiger partial charge in [-0.15, -0.1) is 0 Å². The van der Waals surface area contributed by atoms with E-state index in [0.717, 1.165) is 11.8 Å². The third-order valence-electron chi connectivity index (χ3n) is 2.95. The van der Waals surface area contributed by atoms with Gasteiger partial charge in [0.15, 0.2) is 0 Å². The van der Waals surface area contributed by atoms with Crippen LogP contribution in [-0.4, -0.2) is 27.6 Å². The predicted molar refractivity (Wildman–Crippen MR) is 90.8 cm³/mol. The molecule has 1 aromatic heterocycles. The molecule has 0 spiro atoms. The Morgan fingerprint density at radius 3 is 2.91 bits per heavy atom. The van der Waals surface area contributed by atoms with Gasteiger partial charge in [-0.3, -0.25) is 4.98 Å². The van der Waals surface area contributed by atoms with Crippen molar-refractivity contribution in [3.8, 4) is 0 Å². The molecule has 1 aliphatic heterocycles. The maximum atomic E-state index is 10.2. The third-order valence-corrected chi connectivity index (χ3v) is 3.56. The zero-order valence-electron chi connectivity index (χ0n) is 12.4. The van der Waals surface area contributed by atoms with Crippen LogP contribution in [0.1, 0.15) is 19.4 Å². The molecule has 0 aromatic carbocycles. The van der Waals surface area contributed by atoms with Crippen LogP contribution in [0.25, 0.3) is 0 Å². The van der Waals surface area contributed by atoms with E-state index < -0.39 is 5.60 Å². The van der Waals surface area contributed by atoms with E-state index in [-0.39, 0.29) is 0 Å². The normalized spacial score (nSPS) is 17.1. The summed E-state index contributed by atoms with van der Waals surface area (Å²) in [6.45, 7) is 3.92. The van der Waals surface area contributed by atoms with Gasteiger partial charge in [0.2, 0.25) is 0 Å². The molecule has 0 aliphatic carbocycles. The summed E-state index contributed by atoms with van der Waals surface area (Å²) in [6.07, 6.45) is 6.41. The third kappa shape index (κ3) is 4.25. The minimum absolute atomic E-state index is 0.475. The second-order valence-electron chi connectivity index (χ2n) is 5.29. The van der Waals surface area contributed by atoms with Crippen molar-refractivity contribution in [2.24, 2.45) is 4.99 Å². The topological polar surface area (TPSA) is 93.4 Å². The van der Waals surface area contributed by atoms with Gasteiger partial charge in [0.25, 0.3) is 0 Å². The van der Waals surface area contributed by atoms with Crippen molar-refractivity contribution in [2.45, 2.75) is 26.0 Å². The van der Waals surface area contributed by atoms with Crippen LogP contribution in [0.3, 0.4) is 0 Å². The van der Waals surface area contributed by atoms with E-state index in [2.05, 4.69) is 36.5 Å². The number of halogens is 1. The highest BCUT2D eigenvalue weighted by Gasteiger charge is 2.24. The number of hydrogen-bond acceptors (Lipinski definition) is 6. The quantitative estimate of drug-likeness (QED) is 0.602. The molecule has 0 atom stereocenters. The van der Waals surface area contributed by atoms with Gasteiger partial charge >= 0.3 is 0 Å². The summed E-state index contributed by atoms with van der Waals surface area (Å²) < 4.78 is 0.503. The Labute approximate surface area is 137 Å². The molecule has 1 aromatic rings. The zero-order valence-corrected chi connectivity index (χ0v) is 14.0. The lowest BCUT2D eigenvalue weighted by atomic mass is 10.0. The number of aromatic nitrogens is 1. The summed E-state index contributed by atoms with van der Waals surface area (Å²) in [6, 6.07) is 3.85. The number of allylic oxidation sites excluding steroid dienone is 1. The maximum absolute atomic E-state index is 10.2. The number of nitrogens with zero attached hydrogens (tertiary/aromatic N) is 2. The molecule has 6 nitrogen and oxygen atoms in total. The Morgan fingerprint density at radius 2 is 2.32 bits per heavy atom. The van der Waals surface area contributed by atoms with Gasteiger partial charge in [-0.05, 0) is 41.4 Å². The number of pyridine rings is 1. The Kier molecular flexibility index (Phi) is 5.10. The monoisotopic (exact) mass is 363 g/mol. The molecule has 0 unspecified atom stereocenters. The lowest BCUT2D eigenvalue weighted by Gasteiger charge is -2.25. The van der Waals surface area contributed by atoms with Crippen LogP contribution in [0.4, 0.5) is 0 Å². The van der Waals surface area contributed by atoms with Crippen LogP contribution in [0.15, 0.2) is 51.7 Å². The van der Waals surface area contributed by atoms with Gasteiger partial charge in [0.1, 0.15) is 17.2 Å². The molecule has 2 rings (SSSR count). The molecule has 7 heteroatoms. The van der Waals surface area contributed by atoms with Crippen molar-refractivity contribution in [3.05, 3.63) is 52.3 Å². The van der Waals surface area contributed by atoms with E-state index in [1.165, 1.54) is 0 Å². The van der Waals surface area contributed by atoms with Crippen molar-refractivity contribution in [3.63, 3.8) is 0 Å². The molecule has 4 N–H and O–H groups in total. The number of rotatable bonds is 5. The lowest BCUT2D eigenvalue weighted by molar-refractivity contribution is 0.154. The van der Waals surface area contributed by atoms with Crippen molar-refractivity contribution >= 4 is 27.9 Å². The molecule has 2 heterocycles. The van der Waals surface area contributed by atoms with Crippen molar-refractivity contribution in [2.75, 3.05) is 0 Å². The van der Waals surface area contributed by atoms with E-state index in [1.807, 2.05) is 12.1 Å². The standard InChI is InChI=1S/C15H18BrN5O/c1-15(2,22)12-6-13(21-14(20-12)11(16)7-17)19-9-10-4-3-5-18-8-10/h3-8,17,19,21-22H,9H2,1-2H3/b14-11+,17-7?. The average molecular weight is 364 g/mol. The van der Waals surface area contributed by atoms with Crippen LogP contribution in [-0.2, 0) is 6.54 Å². The molecule has 0 fully saturated rings. The summed E-state index contributed by atoms with van der Waals surface area (Å²) in [5, 5.41) is 23.8. The highest BCUT2D eigenvalue weighted by Crippen LogP contribution is 2.18. The Bertz CT molecular complexity index is 644. The van der Waals surface area contributed by atoms with Crippen LogP contribution in [0.2, 0.25) is 0 Å². The summed E-state index contributed by atoms with van der Waals surface area (Å²) in [5.41, 5.74) is 0.465. The van der Waals surface area contributed by atoms with Gasteiger partial charge in [0.05, 0.1) is 10.2 Å². The van der Waals surface area contributed by atoms with Gasteiger partial charge in [0, 0.05) is 31.2 Å². The molecule has 0 radical (unpaired) electrons. The molecule has 0 amide bonds. The molecule has 0 saturated carbocycles. The van der Waals surface area contributed by atoms with Crippen LogP contribution in [0, 0.1) is 5.41 Å². The van der Waals surface area contributed by atoms with E-state index in [1.54, 1.807) is 32.3 Å². The second-order valence-corrected chi connectivity index (χ2v) is 6.15. The first-order chi connectivity index (χ1) is 10.4. The fraction of sp³-hybridized carbons (Fsp3) is 0.267. The first-order valence-corrected chi connectivity index (χ1v) is 7.53. The fourth-order valence-electron chi connectivity index (χ4n) is 1.77. The Balaban J connectivity index is 2.22. The highest BCUT2D eigenvalue weighted by molar-refractivity contribution is 9.12. The number of hydrogen-bond donors (Lipinski definition) is 4. The SMILES string of the molecule is CC(C)(O)C1=N/C(=C(\Br)C=N)NC(NCc2cccnc2)=C1. The van der Waals surface area contributed by atoms with Crippen molar-refractivity contribution < 1.29 is 5.11 Å². The summed E-state index contributed by atoms with van der Waals surface area (Å²) in [7, 11) is 0. The number of aliphatic imine (C=N–C) groups is 1. The fourth-order valence-corrected chi connectivity index (χ4v) is 1.96. The van der Waals surface area contributed by atoms with Crippen LogP contribution in [0.5, 0.6) is 0 Å². The molecular weight excluding hydrogens is 346 g/mol. The van der Waals surface area contributed by atoms with E-state index in [4.69, 9.17) is 5.41 Å². The maximum Gasteiger partial charge on any atom is 0.147 e. The summed E-state index contributed by atoms with van der Waals surface area (Å²) >= 11 is 3.28. The molecule has 22 heavy (non-hydrogen) atoms. The Hall–Kier alpha value is -1.99. The lowest BCUT2D eigenvalue weighted by Crippen LogP contribution is -2.37. The van der Waals surface area contributed by atoms with Crippen LogP contribution < -0.4 is 10.6 Å². The molecule has 0 saturated heterocycles. The van der Waals surface area contributed by atoms with Gasteiger partial charge < -0.3 is 21.1 Å². The van der Waals surface area contributed by atoms with Crippen molar-refractivity contribution in [1.29, 1.82) is 5.41 Å². The minimum Gasteiger partial charge on any atom is -0.384 e. The molecule has 0 bridgehead atoms. The molecule has 1 aliphatic rings. The zero-order chi connectivity index (χ0) is 16.2. The van der Waals surface area contributed by atoms with E-state index in [9.17, 15) is 5.11 Å². The average Bonchev–Trinajstić information content (AvgIpc) is 2.52. The minimum atomic E-state index is -1.08. The largest absolute Gasteiger partial charge is 0.384 e. The van der Waals surface area contributed by atoms with Gasteiger partial charge in [-0.25, -0.2) is 4.99 Å². The molecular formula is C15H18BrN5O. The smallest absolute Gasteiger partial charge is 0.147 e. The van der Waals surface area contributed by atoms with Gasteiger partial charge in [-0.1, -0.05) is 6.07 Å². The Morgan fingerprint density at radius 1 is 1.55 bits per heavy atom. The highest BCUT2D eigenvalue weighted by atomic mass is 79.9. The predicted octanol–water partition coefficient (Wildman–Crippen LogP) is 2.04. The molecule has 116 valence electrons. The van der Waals surface area contributed by atoms with E-state index in [0.29, 0.717) is 28.4 Å². The van der Waals surface area contributed by atoms with Gasteiger partial charge in [-0.2, -0.15) is 0 Å². The first-order valence-electron chi connectivity index (χ1n) is 6.73.